The fourth-order valence-electron chi connectivity index (χ4n) is 5.45. The summed E-state index contributed by atoms with van der Waals surface area (Å²) in [6, 6.07) is 10.6. The van der Waals surface area contributed by atoms with Crippen LogP contribution in [0.1, 0.15) is 59.2 Å². The van der Waals surface area contributed by atoms with Gasteiger partial charge in [0.25, 0.3) is 0 Å². The number of nitrogens with zero attached hydrogens (tertiary/aromatic N) is 5. The van der Waals surface area contributed by atoms with Gasteiger partial charge in [-0.1, -0.05) is 18.2 Å². The number of halogens is 7. The van der Waals surface area contributed by atoms with Gasteiger partial charge in [-0.2, -0.15) is 26.3 Å². The standard InChI is InChI=1S/C31H28BrF6N5/c1-18-3-2-4-20-11-21(27(41-28(18)20)17-43(25-5-6-25)26-7-8-26)16-42(29-39-13-24(32)14-40-29)15-19-9-22(30(33,34)35)12-23(10-19)31(36,37)38/h2-4,9-14,25-26H,5-8,15-17H2,1H3. The molecule has 5 nitrogen and oxygen atoms in total. The van der Waals surface area contributed by atoms with Crippen LogP contribution in [0.4, 0.5) is 32.3 Å². The van der Waals surface area contributed by atoms with Crippen LogP contribution in [0.5, 0.6) is 0 Å². The number of rotatable bonds is 9. The van der Waals surface area contributed by atoms with Gasteiger partial charge in [0.15, 0.2) is 0 Å². The molecule has 43 heavy (non-hydrogen) atoms. The monoisotopic (exact) mass is 663 g/mol. The first-order valence-electron chi connectivity index (χ1n) is 14.0. The van der Waals surface area contributed by atoms with E-state index in [2.05, 4.69) is 30.8 Å². The number of aryl methyl sites for hydroxylation is 1. The number of para-hydroxylation sites is 1. The van der Waals surface area contributed by atoms with E-state index in [1.54, 1.807) is 4.90 Å². The molecule has 6 rings (SSSR count). The minimum absolute atomic E-state index is 0.134. The van der Waals surface area contributed by atoms with Gasteiger partial charge >= 0.3 is 12.4 Å². The second-order valence-corrected chi connectivity index (χ2v) is 12.3. The predicted molar refractivity (Wildman–Crippen MR) is 154 cm³/mol. The first kappa shape index (κ1) is 29.8. The maximum atomic E-state index is 13.7. The number of hydrogen-bond donors (Lipinski definition) is 0. The van der Waals surface area contributed by atoms with E-state index in [4.69, 9.17) is 4.98 Å². The molecule has 2 aliphatic rings. The molecule has 0 bridgehead atoms. The Hall–Kier alpha value is -3.25. The van der Waals surface area contributed by atoms with Crippen LogP contribution < -0.4 is 4.90 Å². The maximum Gasteiger partial charge on any atom is 0.416 e. The number of alkyl halides is 6. The molecule has 12 heteroatoms. The summed E-state index contributed by atoms with van der Waals surface area (Å²) in [4.78, 5) is 17.9. The highest BCUT2D eigenvalue weighted by Gasteiger charge is 2.40. The molecule has 2 aromatic carbocycles. The molecule has 2 fully saturated rings. The third kappa shape index (κ3) is 6.95. The van der Waals surface area contributed by atoms with Crippen LogP contribution in [0.2, 0.25) is 0 Å². The Labute approximate surface area is 253 Å². The lowest BCUT2D eigenvalue weighted by Gasteiger charge is -2.27. The molecule has 226 valence electrons. The summed E-state index contributed by atoms with van der Waals surface area (Å²) in [7, 11) is 0. The molecule has 0 saturated heterocycles. The van der Waals surface area contributed by atoms with Crippen LogP contribution in [0.25, 0.3) is 10.9 Å². The highest BCUT2D eigenvalue weighted by atomic mass is 79.9. The summed E-state index contributed by atoms with van der Waals surface area (Å²) in [5.41, 5.74) is 0.668. The van der Waals surface area contributed by atoms with Gasteiger partial charge in [-0.15, -0.1) is 0 Å². The van der Waals surface area contributed by atoms with Crippen molar-refractivity contribution in [3.8, 4) is 0 Å². The van der Waals surface area contributed by atoms with Gasteiger partial charge in [-0.05, 0) is 89.5 Å². The number of pyridine rings is 1. The van der Waals surface area contributed by atoms with Crippen molar-refractivity contribution in [2.75, 3.05) is 4.90 Å². The lowest BCUT2D eigenvalue weighted by Crippen LogP contribution is -2.30. The third-order valence-electron chi connectivity index (χ3n) is 7.85. The number of benzene rings is 2. The smallest absolute Gasteiger partial charge is 0.332 e. The second kappa shape index (κ2) is 11.4. The molecular weight excluding hydrogens is 636 g/mol. The second-order valence-electron chi connectivity index (χ2n) is 11.3. The van der Waals surface area contributed by atoms with Crippen molar-refractivity contribution in [2.45, 2.75) is 76.7 Å². The van der Waals surface area contributed by atoms with Gasteiger partial charge in [-0.25, -0.2) is 9.97 Å². The van der Waals surface area contributed by atoms with Crippen LogP contribution in [-0.2, 0) is 32.0 Å². The van der Waals surface area contributed by atoms with E-state index in [0.717, 1.165) is 65.5 Å². The summed E-state index contributed by atoms with van der Waals surface area (Å²) < 4.78 is 82.5. The Morgan fingerprint density at radius 3 is 1.98 bits per heavy atom. The van der Waals surface area contributed by atoms with Crippen molar-refractivity contribution < 1.29 is 26.3 Å². The van der Waals surface area contributed by atoms with Crippen LogP contribution in [0.15, 0.2) is 59.3 Å². The van der Waals surface area contributed by atoms with Gasteiger partial charge in [0.1, 0.15) is 0 Å². The van der Waals surface area contributed by atoms with Crippen molar-refractivity contribution in [3.05, 3.63) is 92.8 Å². The van der Waals surface area contributed by atoms with Gasteiger partial charge in [0.05, 0.1) is 26.8 Å². The molecule has 0 aliphatic heterocycles. The summed E-state index contributed by atoms with van der Waals surface area (Å²) in [6.45, 7) is 2.46. The summed E-state index contributed by atoms with van der Waals surface area (Å²) in [6.07, 6.45) is -2.37. The average molecular weight is 664 g/mol. The zero-order valence-electron chi connectivity index (χ0n) is 23.2. The quantitative estimate of drug-likeness (QED) is 0.168. The topological polar surface area (TPSA) is 45.2 Å². The van der Waals surface area contributed by atoms with Crippen LogP contribution in [0, 0.1) is 6.92 Å². The Kier molecular flexibility index (Phi) is 7.87. The van der Waals surface area contributed by atoms with E-state index in [-0.39, 0.29) is 30.7 Å². The van der Waals surface area contributed by atoms with E-state index < -0.39 is 23.5 Å². The molecule has 0 unspecified atom stereocenters. The molecule has 2 aromatic heterocycles. The van der Waals surface area contributed by atoms with Crippen molar-refractivity contribution in [3.63, 3.8) is 0 Å². The molecule has 0 spiro atoms. The molecule has 2 saturated carbocycles. The molecule has 2 aliphatic carbocycles. The van der Waals surface area contributed by atoms with Crippen LogP contribution in [0.3, 0.4) is 0 Å². The molecule has 0 radical (unpaired) electrons. The fraction of sp³-hybridized carbons (Fsp3) is 0.387. The van der Waals surface area contributed by atoms with E-state index in [1.165, 1.54) is 12.4 Å². The minimum atomic E-state index is -4.95. The average Bonchev–Trinajstić information content (AvgIpc) is 3.86. The SMILES string of the molecule is Cc1cccc2cc(CN(Cc3cc(C(F)(F)F)cc(C(F)(F)F)c3)c3ncc(Br)cn3)c(CN(C3CC3)C3CC3)nc12. The molecule has 4 aromatic rings. The van der Waals surface area contributed by atoms with Crippen molar-refractivity contribution >= 4 is 32.8 Å². The molecule has 2 heterocycles. The van der Waals surface area contributed by atoms with E-state index in [1.807, 2.05) is 31.2 Å². The highest BCUT2D eigenvalue weighted by molar-refractivity contribution is 9.10. The largest absolute Gasteiger partial charge is 0.416 e. The first-order chi connectivity index (χ1) is 20.3. The Bertz CT molecular complexity index is 1590. The molecule has 0 atom stereocenters. The Balaban J connectivity index is 1.43. The Morgan fingerprint density at radius 2 is 1.42 bits per heavy atom. The lowest BCUT2D eigenvalue weighted by atomic mass is 10.0. The summed E-state index contributed by atoms with van der Waals surface area (Å²) in [5.74, 6) is 0.172. The predicted octanol–water partition coefficient (Wildman–Crippen LogP) is 8.47. The van der Waals surface area contributed by atoms with Crippen LogP contribution >= 0.6 is 15.9 Å². The maximum absolute atomic E-state index is 13.7. The first-order valence-corrected chi connectivity index (χ1v) is 14.8. The van der Waals surface area contributed by atoms with Crippen LogP contribution in [-0.4, -0.2) is 31.9 Å². The normalized spacial score (nSPS) is 15.8. The molecule has 0 N–H and O–H groups in total. The summed E-state index contributed by atoms with van der Waals surface area (Å²) >= 11 is 3.29. The summed E-state index contributed by atoms with van der Waals surface area (Å²) in [5, 5.41) is 0.901. The van der Waals surface area contributed by atoms with E-state index >= 15 is 0 Å². The number of aromatic nitrogens is 3. The zero-order valence-corrected chi connectivity index (χ0v) is 24.8. The molecular formula is C31H28BrF6N5. The van der Waals surface area contributed by atoms with Crippen molar-refractivity contribution in [2.24, 2.45) is 0 Å². The van der Waals surface area contributed by atoms with E-state index in [0.29, 0.717) is 23.1 Å². The van der Waals surface area contributed by atoms with Crippen molar-refractivity contribution in [1.82, 2.24) is 19.9 Å². The van der Waals surface area contributed by atoms with Gasteiger partial charge < -0.3 is 4.90 Å². The zero-order chi connectivity index (χ0) is 30.5. The highest BCUT2D eigenvalue weighted by Crippen LogP contribution is 2.40. The Morgan fingerprint density at radius 1 is 0.814 bits per heavy atom. The van der Waals surface area contributed by atoms with Gasteiger partial charge in [-0.3, -0.25) is 9.88 Å². The van der Waals surface area contributed by atoms with Crippen molar-refractivity contribution in [1.29, 1.82) is 0 Å². The van der Waals surface area contributed by atoms with E-state index in [9.17, 15) is 26.3 Å². The number of hydrogen-bond acceptors (Lipinski definition) is 5. The molecule has 0 amide bonds. The number of fused-ring (bicyclic) bond motifs is 1. The van der Waals surface area contributed by atoms with Gasteiger partial charge in [0, 0.05) is 49.5 Å². The minimum Gasteiger partial charge on any atom is -0.332 e. The lowest BCUT2D eigenvalue weighted by molar-refractivity contribution is -0.143. The van der Waals surface area contributed by atoms with Gasteiger partial charge in [0.2, 0.25) is 5.95 Å². The number of anilines is 1. The third-order valence-corrected chi connectivity index (χ3v) is 8.26. The fourth-order valence-corrected chi connectivity index (χ4v) is 5.65.